The lowest BCUT2D eigenvalue weighted by Gasteiger charge is -2.07. The topological polar surface area (TPSA) is 47.8 Å². The number of aryl methyl sites for hydroxylation is 1. The Balaban J connectivity index is 2.64. The van der Waals surface area contributed by atoms with Gasteiger partial charge >= 0.3 is 0 Å². The molecule has 1 aromatic heterocycles. The van der Waals surface area contributed by atoms with E-state index in [1.807, 2.05) is 20.8 Å². The summed E-state index contributed by atoms with van der Waals surface area (Å²) >= 11 is 0. The van der Waals surface area contributed by atoms with Crippen molar-refractivity contribution in [3.63, 3.8) is 0 Å². The van der Waals surface area contributed by atoms with Gasteiger partial charge in [0.2, 0.25) is 0 Å². The quantitative estimate of drug-likeness (QED) is 0.714. The minimum Gasteiger partial charge on any atom is -0.299 e. The Bertz CT molecular complexity index is 306. The average Bonchev–Trinajstić information content (AvgIpc) is 2.63. The van der Waals surface area contributed by atoms with E-state index in [-0.39, 0.29) is 11.7 Å². The predicted molar refractivity (Wildman–Crippen MR) is 53.9 cm³/mol. The normalized spacial score (nSPS) is 12.8. The molecule has 0 N–H and O–H groups in total. The Hall–Kier alpha value is -1.19. The number of aromatic nitrogens is 3. The van der Waals surface area contributed by atoms with Crippen LogP contribution in [0.5, 0.6) is 0 Å². The molecule has 0 spiro atoms. The second-order valence-corrected chi connectivity index (χ2v) is 3.44. The van der Waals surface area contributed by atoms with E-state index in [2.05, 4.69) is 10.1 Å². The highest BCUT2D eigenvalue weighted by atomic mass is 16.1. The summed E-state index contributed by atoms with van der Waals surface area (Å²) in [5, 5.41) is 4.03. The molecule has 0 fully saturated rings. The van der Waals surface area contributed by atoms with E-state index < -0.39 is 0 Å². The summed E-state index contributed by atoms with van der Waals surface area (Å²) in [6, 6.07) is 0. The fourth-order valence-corrected chi connectivity index (χ4v) is 1.25. The standard InChI is InChI=1S/C10H17N3O/c1-4-8(3)9(14)6-10-11-7-12-13(10)5-2/h7-8H,4-6H2,1-3H3. The minimum atomic E-state index is 0.122. The summed E-state index contributed by atoms with van der Waals surface area (Å²) in [4.78, 5) is 15.7. The highest BCUT2D eigenvalue weighted by Crippen LogP contribution is 2.06. The van der Waals surface area contributed by atoms with Crippen LogP contribution < -0.4 is 0 Å². The van der Waals surface area contributed by atoms with Crippen LogP contribution in [0.15, 0.2) is 6.33 Å². The number of hydrogen-bond acceptors (Lipinski definition) is 3. The summed E-state index contributed by atoms with van der Waals surface area (Å²) in [6.07, 6.45) is 2.80. The van der Waals surface area contributed by atoms with Crippen molar-refractivity contribution in [2.24, 2.45) is 5.92 Å². The van der Waals surface area contributed by atoms with Crippen LogP contribution in [0.25, 0.3) is 0 Å². The number of hydrogen-bond donors (Lipinski definition) is 0. The first-order valence-electron chi connectivity index (χ1n) is 5.08. The van der Waals surface area contributed by atoms with Gasteiger partial charge in [-0.1, -0.05) is 13.8 Å². The molecule has 0 saturated heterocycles. The zero-order chi connectivity index (χ0) is 10.6. The molecule has 0 aliphatic carbocycles. The molecule has 0 saturated carbocycles. The molecule has 0 aliphatic rings. The second-order valence-electron chi connectivity index (χ2n) is 3.44. The van der Waals surface area contributed by atoms with Gasteiger partial charge in [-0.2, -0.15) is 5.10 Å². The largest absolute Gasteiger partial charge is 0.299 e. The molecule has 0 amide bonds. The molecule has 0 bridgehead atoms. The lowest BCUT2D eigenvalue weighted by atomic mass is 10.0. The lowest BCUT2D eigenvalue weighted by Crippen LogP contribution is -2.16. The monoisotopic (exact) mass is 195 g/mol. The van der Waals surface area contributed by atoms with Crippen molar-refractivity contribution in [2.45, 2.75) is 40.2 Å². The Morgan fingerprint density at radius 2 is 2.29 bits per heavy atom. The maximum absolute atomic E-state index is 11.6. The molecule has 1 atom stereocenters. The first-order chi connectivity index (χ1) is 6.69. The number of carbonyl (C=O) groups is 1. The van der Waals surface area contributed by atoms with E-state index in [0.717, 1.165) is 18.8 Å². The SMILES string of the molecule is CCC(C)C(=O)Cc1ncnn1CC. The Morgan fingerprint density at radius 1 is 1.57 bits per heavy atom. The molecule has 1 unspecified atom stereocenters. The van der Waals surface area contributed by atoms with Gasteiger partial charge in [-0.3, -0.25) is 4.79 Å². The molecule has 1 aromatic rings. The summed E-state index contributed by atoms with van der Waals surface area (Å²) in [5.41, 5.74) is 0. The van der Waals surface area contributed by atoms with Gasteiger partial charge in [0.25, 0.3) is 0 Å². The number of carbonyl (C=O) groups excluding carboxylic acids is 1. The van der Waals surface area contributed by atoms with Crippen LogP contribution in [0, 0.1) is 5.92 Å². The molecule has 78 valence electrons. The fraction of sp³-hybridized carbons (Fsp3) is 0.700. The van der Waals surface area contributed by atoms with E-state index in [1.54, 1.807) is 4.68 Å². The maximum atomic E-state index is 11.6. The van der Waals surface area contributed by atoms with Crippen molar-refractivity contribution >= 4 is 5.78 Å². The minimum absolute atomic E-state index is 0.122. The molecule has 0 aromatic carbocycles. The van der Waals surface area contributed by atoms with Crippen molar-refractivity contribution in [3.8, 4) is 0 Å². The van der Waals surface area contributed by atoms with Crippen molar-refractivity contribution in [1.29, 1.82) is 0 Å². The first-order valence-corrected chi connectivity index (χ1v) is 5.08. The van der Waals surface area contributed by atoms with Gasteiger partial charge in [-0.05, 0) is 13.3 Å². The van der Waals surface area contributed by atoms with E-state index >= 15 is 0 Å². The van der Waals surface area contributed by atoms with Crippen LogP contribution in [-0.2, 0) is 17.8 Å². The molecular formula is C10H17N3O. The van der Waals surface area contributed by atoms with Gasteiger partial charge in [-0.25, -0.2) is 9.67 Å². The third-order valence-corrected chi connectivity index (χ3v) is 2.49. The van der Waals surface area contributed by atoms with Crippen LogP contribution in [0.3, 0.4) is 0 Å². The molecule has 0 aliphatic heterocycles. The average molecular weight is 195 g/mol. The van der Waals surface area contributed by atoms with Gasteiger partial charge in [0.15, 0.2) is 0 Å². The number of nitrogens with zero attached hydrogens (tertiary/aromatic N) is 3. The van der Waals surface area contributed by atoms with Gasteiger partial charge in [0.05, 0.1) is 6.42 Å². The molecule has 1 heterocycles. The fourth-order valence-electron chi connectivity index (χ4n) is 1.25. The van der Waals surface area contributed by atoms with Crippen LogP contribution in [0.2, 0.25) is 0 Å². The van der Waals surface area contributed by atoms with E-state index in [1.165, 1.54) is 6.33 Å². The lowest BCUT2D eigenvalue weighted by molar-refractivity contribution is -0.121. The zero-order valence-electron chi connectivity index (χ0n) is 9.03. The van der Waals surface area contributed by atoms with E-state index in [9.17, 15) is 4.79 Å². The molecule has 14 heavy (non-hydrogen) atoms. The summed E-state index contributed by atoms with van der Waals surface area (Å²) < 4.78 is 1.76. The van der Waals surface area contributed by atoms with Crippen LogP contribution in [-0.4, -0.2) is 20.5 Å². The third-order valence-electron chi connectivity index (χ3n) is 2.49. The van der Waals surface area contributed by atoms with Gasteiger partial charge in [0.1, 0.15) is 17.9 Å². The van der Waals surface area contributed by atoms with Crippen LogP contribution >= 0.6 is 0 Å². The Morgan fingerprint density at radius 3 is 2.86 bits per heavy atom. The van der Waals surface area contributed by atoms with Crippen LogP contribution in [0.1, 0.15) is 33.0 Å². The third kappa shape index (κ3) is 2.40. The van der Waals surface area contributed by atoms with Gasteiger partial charge < -0.3 is 0 Å². The summed E-state index contributed by atoms with van der Waals surface area (Å²) in [6.45, 7) is 6.73. The number of rotatable bonds is 5. The second kappa shape index (κ2) is 4.88. The predicted octanol–water partition coefficient (Wildman–Crippen LogP) is 1.46. The van der Waals surface area contributed by atoms with Gasteiger partial charge in [0, 0.05) is 12.5 Å². The number of Topliss-reactive ketones (excluding diaryl/α,β-unsaturated/α-hetero) is 1. The smallest absolute Gasteiger partial charge is 0.143 e. The van der Waals surface area contributed by atoms with Gasteiger partial charge in [-0.15, -0.1) is 0 Å². The van der Waals surface area contributed by atoms with Crippen LogP contribution in [0.4, 0.5) is 0 Å². The van der Waals surface area contributed by atoms with Crippen molar-refractivity contribution in [1.82, 2.24) is 14.8 Å². The Labute approximate surface area is 84.3 Å². The molecule has 4 nitrogen and oxygen atoms in total. The highest BCUT2D eigenvalue weighted by Gasteiger charge is 2.14. The molecule has 0 radical (unpaired) electrons. The Kier molecular flexibility index (Phi) is 3.80. The zero-order valence-corrected chi connectivity index (χ0v) is 9.03. The van der Waals surface area contributed by atoms with Crippen molar-refractivity contribution in [2.75, 3.05) is 0 Å². The van der Waals surface area contributed by atoms with E-state index in [0.29, 0.717) is 6.42 Å². The number of ketones is 1. The molecular weight excluding hydrogens is 178 g/mol. The first kappa shape index (κ1) is 10.9. The summed E-state index contributed by atoms with van der Waals surface area (Å²) in [5.74, 6) is 1.14. The van der Waals surface area contributed by atoms with Crippen molar-refractivity contribution in [3.05, 3.63) is 12.2 Å². The molecule has 4 heteroatoms. The van der Waals surface area contributed by atoms with Crippen molar-refractivity contribution < 1.29 is 4.79 Å². The molecule has 1 rings (SSSR count). The van der Waals surface area contributed by atoms with E-state index in [4.69, 9.17) is 0 Å². The highest BCUT2D eigenvalue weighted by molar-refractivity contribution is 5.82. The maximum Gasteiger partial charge on any atom is 0.143 e. The summed E-state index contributed by atoms with van der Waals surface area (Å²) in [7, 11) is 0.